The third-order valence-electron chi connectivity index (χ3n) is 3.40. The van der Waals surface area contributed by atoms with Gasteiger partial charge in [-0.25, -0.2) is 13.6 Å². The zero-order chi connectivity index (χ0) is 17.1. The Labute approximate surface area is 141 Å². The Kier molecular flexibility index (Phi) is 5.51. The van der Waals surface area contributed by atoms with Gasteiger partial charge in [-0.2, -0.15) is 0 Å². The summed E-state index contributed by atoms with van der Waals surface area (Å²) in [5.74, 6) is -3.43. The molecule has 1 N–H and O–H groups in total. The number of nitrogens with one attached hydrogen (secondary N) is 1. The highest BCUT2D eigenvalue weighted by Gasteiger charge is 2.28. The van der Waals surface area contributed by atoms with Crippen molar-refractivity contribution in [3.63, 3.8) is 0 Å². The monoisotopic (exact) mass is 387 g/mol. The highest BCUT2D eigenvalue weighted by molar-refractivity contribution is 9.10. The van der Waals surface area contributed by atoms with Crippen LogP contribution in [0.5, 0.6) is 0 Å². The zero-order valence-electron chi connectivity index (χ0n) is 12.7. The summed E-state index contributed by atoms with van der Waals surface area (Å²) in [6.45, 7) is 3.01. The Morgan fingerprint density at radius 3 is 2.65 bits per heavy atom. The molecule has 1 aliphatic rings. The second kappa shape index (κ2) is 7.21. The minimum absolute atomic E-state index is 0.0355. The van der Waals surface area contributed by atoms with Crippen LogP contribution in [0.3, 0.4) is 0 Å². The molecule has 0 unspecified atom stereocenters. The van der Waals surface area contributed by atoms with E-state index in [0.29, 0.717) is 0 Å². The molecular formula is C16H16BrF2NO3. The predicted molar refractivity (Wildman–Crippen MR) is 84.0 cm³/mol. The highest BCUT2D eigenvalue weighted by Crippen LogP contribution is 2.27. The zero-order valence-corrected chi connectivity index (χ0v) is 14.3. The van der Waals surface area contributed by atoms with E-state index in [2.05, 4.69) is 21.2 Å². The van der Waals surface area contributed by atoms with Crippen LogP contribution in [0.1, 0.15) is 35.7 Å². The molecule has 23 heavy (non-hydrogen) atoms. The van der Waals surface area contributed by atoms with Crippen LogP contribution >= 0.6 is 15.9 Å². The molecule has 124 valence electrons. The van der Waals surface area contributed by atoms with E-state index >= 15 is 0 Å². The summed E-state index contributed by atoms with van der Waals surface area (Å²) in [5.41, 5.74) is -0.884. The molecule has 0 bridgehead atoms. The van der Waals surface area contributed by atoms with Crippen LogP contribution in [0.25, 0.3) is 0 Å². The summed E-state index contributed by atoms with van der Waals surface area (Å²) in [4.78, 5) is 24.5. The smallest absolute Gasteiger partial charge is 0.343 e. The Hall–Kier alpha value is -1.76. The summed E-state index contributed by atoms with van der Waals surface area (Å²) in [5, 5.41) is 2.90. The van der Waals surface area contributed by atoms with Gasteiger partial charge in [-0.1, -0.05) is 0 Å². The number of carbonyl (C=O) groups excluding carboxylic acids is 2. The van der Waals surface area contributed by atoms with Gasteiger partial charge in [-0.3, -0.25) is 4.79 Å². The van der Waals surface area contributed by atoms with Crippen molar-refractivity contribution in [2.75, 3.05) is 6.61 Å². The van der Waals surface area contributed by atoms with Crippen molar-refractivity contribution in [1.82, 2.24) is 5.32 Å². The number of benzene rings is 1. The van der Waals surface area contributed by atoms with Gasteiger partial charge in [0, 0.05) is 17.8 Å². The van der Waals surface area contributed by atoms with E-state index in [-0.39, 0.29) is 28.3 Å². The number of ketones is 1. The van der Waals surface area contributed by atoms with Gasteiger partial charge in [0.2, 0.25) is 5.78 Å². The van der Waals surface area contributed by atoms with E-state index in [1.54, 1.807) is 6.92 Å². The van der Waals surface area contributed by atoms with Crippen molar-refractivity contribution in [3.8, 4) is 0 Å². The molecule has 0 heterocycles. The number of hydrogen-bond donors (Lipinski definition) is 1. The maximum Gasteiger partial charge on any atom is 0.343 e. The van der Waals surface area contributed by atoms with E-state index in [1.807, 2.05) is 0 Å². The number of ether oxygens (including phenoxy) is 1. The fourth-order valence-corrected chi connectivity index (χ4v) is 2.21. The molecular weight excluding hydrogens is 372 g/mol. The van der Waals surface area contributed by atoms with Gasteiger partial charge in [-0.05, 0) is 48.7 Å². The van der Waals surface area contributed by atoms with Crippen molar-refractivity contribution in [3.05, 3.63) is 45.1 Å². The van der Waals surface area contributed by atoms with E-state index < -0.39 is 29.0 Å². The van der Waals surface area contributed by atoms with E-state index in [9.17, 15) is 18.4 Å². The van der Waals surface area contributed by atoms with Crippen molar-refractivity contribution >= 4 is 27.7 Å². The molecule has 4 nitrogen and oxygen atoms in total. The van der Waals surface area contributed by atoms with E-state index in [0.717, 1.165) is 18.9 Å². The molecule has 0 aliphatic heterocycles. The van der Waals surface area contributed by atoms with Gasteiger partial charge in [0.1, 0.15) is 17.2 Å². The average molecular weight is 388 g/mol. The van der Waals surface area contributed by atoms with Crippen LogP contribution in [0, 0.1) is 18.6 Å². The van der Waals surface area contributed by atoms with E-state index in [4.69, 9.17) is 4.74 Å². The lowest BCUT2D eigenvalue weighted by Gasteiger charge is -2.10. The Balaban J connectivity index is 2.40. The fourth-order valence-electron chi connectivity index (χ4n) is 1.92. The third kappa shape index (κ3) is 3.96. The first kappa shape index (κ1) is 17.6. The summed E-state index contributed by atoms with van der Waals surface area (Å²) in [6.07, 6.45) is 3.09. The lowest BCUT2D eigenvalue weighted by atomic mass is 10.0. The Morgan fingerprint density at radius 1 is 1.43 bits per heavy atom. The van der Waals surface area contributed by atoms with Crippen molar-refractivity contribution in [2.45, 2.75) is 32.7 Å². The normalized spacial score (nSPS) is 14.6. The predicted octanol–water partition coefficient (Wildman–Crippen LogP) is 3.42. The summed E-state index contributed by atoms with van der Waals surface area (Å²) in [6, 6.07) is 0.972. The number of esters is 1. The molecule has 1 fully saturated rings. The lowest BCUT2D eigenvalue weighted by molar-refractivity contribution is -0.138. The van der Waals surface area contributed by atoms with Crippen molar-refractivity contribution < 1.29 is 23.1 Å². The van der Waals surface area contributed by atoms with Crippen LogP contribution in [0.4, 0.5) is 8.78 Å². The molecule has 1 saturated carbocycles. The average Bonchev–Trinajstić information content (AvgIpc) is 3.33. The molecule has 1 aromatic carbocycles. The minimum Gasteiger partial charge on any atom is -0.462 e. The quantitative estimate of drug-likeness (QED) is 0.203. The number of halogens is 3. The highest BCUT2D eigenvalue weighted by atomic mass is 79.9. The maximum atomic E-state index is 14.3. The second-order valence-electron chi connectivity index (χ2n) is 5.21. The van der Waals surface area contributed by atoms with Crippen LogP contribution in [0.15, 0.2) is 22.3 Å². The van der Waals surface area contributed by atoms with Crippen LogP contribution in [-0.2, 0) is 9.53 Å². The summed E-state index contributed by atoms with van der Waals surface area (Å²) >= 11 is 2.92. The molecule has 0 spiro atoms. The van der Waals surface area contributed by atoms with Gasteiger partial charge in [0.25, 0.3) is 0 Å². The Morgan fingerprint density at radius 2 is 2.09 bits per heavy atom. The number of hydrogen-bond acceptors (Lipinski definition) is 4. The minimum atomic E-state index is -0.913. The number of Topliss-reactive ketones (excluding diaryl/α,β-unsaturated/α-hetero) is 1. The first-order valence-electron chi connectivity index (χ1n) is 7.18. The fraction of sp³-hybridized carbons (Fsp3) is 0.375. The third-order valence-corrected chi connectivity index (χ3v) is 4.37. The molecule has 0 saturated heterocycles. The molecule has 0 aromatic heterocycles. The lowest BCUT2D eigenvalue weighted by Crippen LogP contribution is -2.21. The van der Waals surface area contributed by atoms with Gasteiger partial charge in [0.15, 0.2) is 0 Å². The Bertz CT molecular complexity index is 684. The molecule has 1 aromatic rings. The first-order chi connectivity index (χ1) is 10.9. The van der Waals surface area contributed by atoms with Crippen molar-refractivity contribution in [2.24, 2.45) is 0 Å². The summed E-state index contributed by atoms with van der Waals surface area (Å²) < 4.78 is 32.9. The van der Waals surface area contributed by atoms with Gasteiger partial charge >= 0.3 is 5.97 Å². The molecule has 2 rings (SSSR count). The largest absolute Gasteiger partial charge is 0.462 e. The second-order valence-corrected chi connectivity index (χ2v) is 6.00. The number of carbonyl (C=O) groups is 2. The standard InChI is InChI=1S/C16H16BrF2NO3/c1-3-23-16(22)11(7-20-9-4-5-9)15(21)10-6-12(18)13(17)8(2)14(10)19/h6-7,9,20H,3-5H2,1-2H3. The molecule has 0 atom stereocenters. The van der Waals surface area contributed by atoms with Crippen molar-refractivity contribution in [1.29, 1.82) is 0 Å². The SMILES string of the molecule is CCOC(=O)C(=CNC1CC1)C(=O)c1cc(F)c(Br)c(C)c1F. The summed E-state index contributed by atoms with van der Waals surface area (Å²) in [7, 11) is 0. The topological polar surface area (TPSA) is 55.4 Å². The molecule has 0 amide bonds. The van der Waals surface area contributed by atoms with Crippen LogP contribution in [-0.4, -0.2) is 24.4 Å². The van der Waals surface area contributed by atoms with Crippen LogP contribution in [0.2, 0.25) is 0 Å². The maximum absolute atomic E-state index is 14.3. The van der Waals surface area contributed by atoms with Gasteiger partial charge in [0.05, 0.1) is 16.6 Å². The molecule has 7 heteroatoms. The molecule has 0 radical (unpaired) electrons. The van der Waals surface area contributed by atoms with Crippen LogP contribution < -0.4 is 5.32 Å². The first-order valence-corrected chi connectivity index (χ1v) is 7.98. The van der Waals surface area contributed by atoms with E-state index in [1.165, 1.54) is 13.1 Å². The van der Waals surface area contributed by atoms with Gasteiger partial charge in [-0.15, -0.1) is 0 Å². The molecule has 1 aliphatic carbocycles. The van der Waals surface area contributed by atoms with Gasteiger partial charge < -0.3 is 10.1 Å². The number of rotatable bonds is 6.